The minimum absolute atomic E-state index is 0.00183. The second kappa shape index (κ2) is 11.5. The lowest BCUT2D eigenvalue weighted by atomic mass is 9.91. The van der Waals surface area contributed by atoms with Gasteiger partial charge in [-0.1, -0.05) is 6.92 Å². The number of benzene rings is 1. The number of hydrogen-bond donors (Lipinski definition) is 3. The lowest BCUT2D eigenvalue weighted by molar-refractivity contribution is -0.231. The Balaban J connectivity index is 1.59. The van der Waals surface area contributed by atoms with Crippen LogP contribution in [0.2, 0.25) is 0 Å². The Hall–Kier alpha value is -3.41. The molecule has 0 spiro atoms. The molecule has 0 aliphatic carbocycles. The average molecular weight is 500 g/mol. The zero-order valence-electron chi connectivity index (χ0n) is 20.3. The van der Waals surface area contributed by atoms with Gasteiger partial charge in [-0.25, -0.2) is 14.4 Å². The largest absolute Gasteiger partial charge is 0.463 e. The fourth-order valence-corrected chi connectivity index (χ4v) is 3.64. The Kier molecular flexibility index (Phi) is 8.24. The maximum atomic E-state index is 13.6. The molecule has 1 saturated heterocycles. The van der Waals surface area contributed by atoms with Gasteiger partial charge in [0.1, 0.15) is 5.82 Å². The molecule has 0 radical (unpaired) electrons. The molecule has 0 unspecified atom stereocenters. The fourth-order valence-electron chi connectivity index (χ4n) is 3.64. The third-order valence-corrected chi connectivity index (χ3v) is 5.66. The van der Waals surface area contributed by atoms with E-state index in [1.54, 1.807) is 31.3 Å². The molecular formula is C25H30FN5O5. The predicted octanol–water partition coefficient (Wildman–Crippen LogP) is 3.01. The number of ether oxygens (including phenoxy) is 3. The highest BCUT2D eigenvalue weighted by Crippen LogP contribution is 2.35. The van der Waals surface area contributed by atoms with Crippen LogP contribution in [-0.4, -0.2) is 63.9 Å². The Morgan fingerprint density at radius 1 is 1.25 bits per heavy atom. The van der Waals surface area contributed by atoms with Crippen molar-refractivity contribution in [2.45, 2.75) is 33.0 Å². The van der Waals surface area contributed by atoms with Crippen LogP contribution in [0.5, 0.6) is 6.01 Å². The molecule has 0 saturated carbocycles. The highest BCUT2D eigenvalue weighted by molar-refractivity contribution is 5.82. The van der Waals surface area contributed by atoms with Gasteiger partial charge in [0.25, 0.3) is 0 Å². The first-order valence-electron chi connectivity index (χ1n) is 11.9. The second-order valence-corrected chi connectivity index (χ2v) is 8.77. The Morgan fingerprint density at radius 3 is 2.69 bits per heavy atom. The van der Waals surface area contributed by atoms with E-state index < -0.39 is 11.7 Å². The van der Waals surface area contributed by atoms with Gasteiger partial charge in [0.05, 0.1) is 42.3 Å². The first-order valence-corrected chi connectivity index (χ1v) is 11.9. The summed E-state index contributed by atoms with van der Waals surface area (Å²) < 4.78 is 31.0. The molecular weight excluding hydrogens is 469 g/mol. The van der Waals surface area contributed by atoms with E-state index in [0.717, 1.165) is 6.42 Å². The molecule has 1 amide bonds. The quantitative estimate of drug-likeness (QED) is 0.363. The lowest BCUT2D eigenvalue weighted by Gasteiger charge is -2.35. The molecule has 1 aliphatic rings. The van der Waals surface area contributed by atoms with Gasteiger partial charge >= 0.3 is 6.01 Å². The minimum Gasteiger partial charge on any atom is -0.463 e. The molecule has 1 aliphatic heterocycles. The standard InChI is InChI=1S/C25H30FN5O5/c1-3-13-34-24-28-11-9-18(29-24)20-19(16-5-7-17(26)8-6-16)30-21(31-20)22-35-14-25(2,15-36-22)23(33)27-10-4-12-32/h5-9,11,22,32H,3-4,10,12-15H2,1-2H3,(H,27,33)(H,30,31). The van der Waals surface area contributed by atoms with Crippen LogP contribution in [-0.2, 0) is 14.3 Å². The van der Waals surface area contributed by atoms with E-state index in [9.17, 15) is 9.18 Å². The molecule has 10 nitrogen and oxygen atoms in total. The molecule has 3 heterocycles. The minimum atomic E-state index is -0.876. The highest BCUT2D eigenvalue weighted by Gasteiger charge is 2.40. The van der Waals surface area contributed by atoms with Crippen molar-refractivity contribution < 1.29 is 28.5 Å². The summed E-state index contributed by atoms with van der Waals surface area (Å²) in [5, 5.41) is 11.7. The molecule has 36 heavy (non-hydrogen) atoms. The molecule has 3 aromatic rings. The molecule has 4 rings (SSSR count). The number of carbonyl (C=O) groups excluding carboxylic acids is 1. The number of nitrogens with one attached hydrogen (secondary N) is 2. The summed E-state index contributed by atoms with van der Waals surface area (Å²) in [5.41, 5.74) is 1.44. The van der Waals surface area contributed by atoms with Crippen molar-refractivity contribution in [1.82, 2.24) is 25.3 Å². The van der Waals surface area contributed by atoms with Gasteiger partial charge in [-0.05, 0) is 50.1 Å². The smallest absolute Gasteiger partial charge is 0.316 e. The molecule has 0 bridgehead atoms. The van der Waals surface area contributed by atoms with Crippen molar-refractivity contribution in [3.05, 3.63) is 48.2 Å². The molecule has 11 heteroatoms. The Labute approximate surface area is 208 Å². The van der Waals surface area contributed by atoms with E-state index in [1.165, 1.54) is 12.1 Å². The summed E-state index contributed by atoms with van der Waals surface area (Å²) in [7, 11) is 0. The van der Waals surface area contributed by atoms with E-state index in [-0.39, 0.29) is 37.6 Å². The van der Waals surface area contributed by atoms with Gasteiger partial charge in [-0.3, -0.25) is 4.79 Å². The monoisotopic (exact) mass is 499 g/mol. The summed E-state index contributed by atoms with van der Waals surface area (Å²) in [6.45, 7) is 4.85. The van der Waals surface area contributed by atoms with Crippen LogP contribution in [0.25, 0.3) is 22.6 Å². The predicted molar refractivity (Wildman–Crippen MR) is 128 cm³/mol. The molecule has 1 aromatic carbocycles. The van der Waals surface area contributed by atoms with Gasteiger partial charge in [0.2, 0.25) is 12.2 Å². The number of aromatic amines is 1. The SMILES string of the molecule is CCCOc1nccc(-c2[nH]c(C3OCC(C)(C(=O)NCCCO)CO3)nc2-c2ccc(F)cc2)n1. The third kappa shape index (κ3) is 5.86. The summed E-state index contributed by atoms with van der Waals surface area (Å²) in [5.74, 6) is -0.173. The van der Waals surface area contributed by atoms with Crippen molar-refractivity contribution in [2.24, 2.45) is 5.41 Å². The average Bonchev–Trinajstić information content (AvgIpc) is 3.34. The van der Waals surface area contributed by atoms with Crippen molar-refractivity contribution in [2.75, 3.05) is 33.0 Å². The Bertz CT molecular complexity index is 1160. The van der Waals surface area contributed by atoms with E-state index >= 15 is 0 Å². The van der Waals surface area contributed by atoms with Crippen molar-refractivity contribution in [1.29, 1.82) is 0 Å². The number of rotatable bonds is 10. The van der Waals surface area contributed by atoms with E-state index in [2.05, 4.69) is 20.3 Å². The van der Waals surface area contributed by atoms with Crippen LogP contribution in [0.1, 0.15) is 38.8 Å². The van der Waals surface area contributed by atoms with Crippen LogP contribution in [0.15, 0.2) is 36.5 Å². The number of halogens is 1. The van der Waals surface area contributed by atoms with Crippen LogP contribution in [0.3, 0.4) is 0 Å². The molecule has 3 N–H and O–H groups in total. The topological polar surface area (TPSA) is 131 Å². The van der Waals surface area contributed by atoms with Crippen LogP contribution < -0.4 is 10.1 Å². The van der Waals surface area contributed by atoms with E-state index in [0.29, 0.717) is 48.0 Å². The number of carbonyl (C=O) groups is 1. The van der Waals surface area contributed by atoms with Gasteiger partial charge in [0, 0.05) is 24.9 Å². The summed E-state index contributed by atoms with van der Waals surface area (Å²) in [6, 6.07) is 7.94. The number of aromatic nitrogens is 4. The number of H-pyrrole nitrogens is 1. The van der Waals surface area contributed by atoms with E-state index in [4.69, 9.17) is 24.3 Å². The van der Waals surface area contributed by atoms with Gasteiger partial charge < -0.3 is 29.6 Å². The maximum Gasteiger partial charge on any atom is 0.316 e. The maximum absolute atomic E-state index is 13.6. The summed E-state index contributed by atoms with van der Waals surface area (Å²) >= 11 is 0. The van der Waals surface area contributed by atoms with Gasteiger partial charge in [-0.15, -0.1) is 0 Å². The van der Waals surface area contributed by atoms with E-state index in [1.807, 2.05) is 6.92 Å². The fraction of sp³-hybridized carbons (Fsp3) is 0.440. The van der Waals surface area contributed by atoms with Gasteiger partial charge in [0.15, 0.2) is 5.82 Å². The first-order chi connectivity index (χ1) is 17.4. The number of aliphatic hydroxyl groups is 1. The number of imidazole rings is 1. The summed E-state index contributed by atoms with van der Waals surface area (Å²) in [4.78, 5) is 29.1. The molecule has 192 valence electrons. The number of hydrogen-bond acceptors (Lipinski definition) is 8. The summed E-state index contributed by atoms with van der Waals surface area (Å²) in [6.07, 6.45) is 2.05. The number of amides is 1. The highest BCUT2D eigenvalue weighted by atomic mass is 19.1. The van der Waals surface area contributed by atoms with Crippen molar-refractivity contribution >= 4 is 5.91 Å². The third-order valence-electron chi connectivity index (χ3n) is 5.66. The zero-order chi connectivity index (χ0) is 25.5. The molecule has 1 fully saturated rings. The van der Waals surface area contributed by atoms with Crippen molar-refractivity contribution in [3.8, 4) is 28.7 Å². The van der Waals surface area contributed by atoms with Crippen molar-refractivity contribution in [3.63, 3.8) is 0 Å². The van der Waals surface area contributed by atoms with Gasteiger partial charge in [-0.2, -0.15) is 4.98 Å². The lowest BCUT2D eigenvalue weighted by Crippen LogP contribution is -2.48. The number of nitrogens with zero attached hydrogens (tertiary/aromatic N) is 3. The molecule has 2 aromatic heterocycles. The number of aliphatic hydroxyl groups excluding tert-OH is 1. The van der Waals surface area contributed by atoms with Crippen LogP contribution >= 0.6 is 0 Å². The second-order valence-electron chi connectivity index (χ2n) is 8.77. The zero-order valence-corrected chi connectivity index (χ0v) is 20.3. The first kappa shape index (κ1) is 25.7. The van der Waals surface area contributed by atoms with Crippen LogP contribution in [0, 0.1) is 11.2 Å². The normalized spacial score (nSPS) is 19.7. The van der Waals surface area contributed by atoms with Crippen LogP contribution in [0.4, 0.5) is 4.39 Å². The Morgan fingerprint density at radius 2 is 2.00 bits per heavy atom. The molecule has 0 atom stereocenters.